The quantitative estimate of drug-likeness (QED) is 0.179. The summed E-state index contributed by atoms with van der Waals surface area (Å²) < 4.78 is 2.52. The van der Waals surface area contributed by atoms with Crippen molar-refractivity contribution in [3.8, 4) is 50.6 Å². The molecule has 0 bridgehead atoms. The molecule has 0 spiro atoms. The van der Waals surface area contributed by atoms with Gasteiger partial charge in [-0.3, -0.25) is 0 Å². The van der Waals surface area contributed by atoms with Gasteiger partial charge in [0.05, 0.1) is 22.4 Å². The third-order valence-corrected chi connectivity index (χ3v) is 14.5. The molecule has 8 aromatic rings. The Morgan fingerprint density at radius 2 is 1.22 bits per heavy atom. The summed E-state index contributed by atoms with van der Waals surface area (Å²) in [7, 11) is -2.11. The molecule has 0 saturated heterocycles. The number of hydrogen-bond donors (Lipinski definition) is 0. The molecule has 1 aliphatic heterocycles. The molecule has 0 atom stereocenters. The largest absolute Gasteiger partial charge is 0.308 e. The zero-order valence-corrected chi connectivity index (χ0v) is 29.1. The minimum Gasteiger partial charge on any atom is -0.308 e. The van der Waals surface area contributed by atoms with Crippen molar-refractivity contribution in [1.82, 2.24) is 14.5 Å². The molecule has 49 heavy (non-hydrogen) atoms. The fraction of sp³-hybridized carbons (Fsp3) is 0.111. The van der Waals surface area contributed by atoms with Gasteiger partial charge in [0.1, 0.15) is 8.07 Å². The molecule has 4 heteroatoms. The van der Waals surface area contributed by atoms with E-state index in [0.29, 0.717) is 0 Å². The lowest BCUT2D eigenvalue weighted by atomic mass is 9.82. The average molecular weight is 646 g/mol. The minimum absolute atomic E-state index is 0.0983. The molecule has 10 rings (SSSR count). The summed E-state index contributed by atoms with van der Waals surface area (Å²) in [6.07, 6.45) is 0. The van der Waals surface area contributed by atoms with Crippen LogP contribution >= 0.6 is 0 Å². The zero-order valence-electron chi connectivity index (χ0n) is 28.1. The van der Waals surface area contributed by atoms with Crippen LogP contribution in [-0.4, -0.2) is 22.6 Å². The van der Waals surface area contributed by atoms with Gasteiger partial charge in [0.25, 0.3) is 0 Å². The van der Waals surface area contributed by atoms with Crippen LogP contribution < -0.4 is 10.5 Å². The first-order valence-electron chi connectivity index (χ1n) is 17.2. The van der Waals surface area contributed by atoms with Crippen LogP contribution in [0.15, 0.2) is 140 Å². The Hall–Kier alpha value is -5.58. The number of hydrogen-bond acceptors (Lipinski definition) is 2. The van der Waals surface area contributed by atoms with Crippen LogP contribution in [0.4, 0.5) is 0 Å². The van der Waals surface area contributed by atoms with E-state index in [0.717, 1.165) is 28.3 Å². The maximum atomic E-state index is 5.51. The summed E-state index contributed by atoms with van der Waals surface area (Å²) in [5.74, 6) is 0.788. The Bertz CT molecular complexity index is 2660. The molecule has 1 aliphatic carbocycles. The van der Waals surface area contributed by atoms with E-state index in [1.54, 1.807) is 0 Å². The van der Waals surface area contributed by atoms with E-state index < -0.39 is 8.07 Å². The van der Waals surface area contributed by atoms with Gasteiger partial charge < -0.3 is 4.57 Å². The molecule has 234 valence electrons. The second-order valence-corrected chi connectivity index (χ2v) is 18.8. The van der Waals surface area contributed by atoms with Crippen molar-refractivity contribution in [2.24, 2.45) is 0 Å². The highest BCUT2D eigenvalue weighted by Crippen LogP contribution is 2.53. The van der Waals surface area contributed by atoms with Crippen LogP contribution in [-0.2, 0) is 5.41 Å². The van der Waals surface area contributed by atoms with Gasteiger partial charge in [-0.2, -0.15) is 0 Å². The van der Waals surface area contributed by atoms with Crippen LogP contribution in [0.3, 0.4) is 0 Å². The minimum atomic E-state index is -2.11. The van der Waals surface area contributed by atoms with Crippen molar-refractivity contribution >= 4 is 40.4 Å². The highest BCUT2D eigenvalue weighted by molar-refractivity contribution is 7.03. The van der Waals surface area contributed by atoms with Crippen molar-refractivity contribution in [2.75, 3.05) is 0 Å². The Balaban J connectivity index is 1.35. The fourth-order valence-corrected chi connectivity index (χ4v) is 11.7. The van der Waals surface area contributed by atoms with E-state index in [-0.39, 0.29) is 5.41 Å². The van der Waals surface area contributed by atoms with Gasteiger partial charge in [-0.25, -0.2) is 9.97 Å². The molecule has 0 radical (unpaired) electrons. The zero-order chi connectivity index (χ0) is 33.1. The van der Waals surface area contributed by atoms with Gasteiger partial charge in [-0.15, -0.1) is 0 Å². The van der Waals surface area contributed by atoms with Gasteiger partial charge in [0, 0.05) is 43.8 Å². The standard InChI is InChI=1S/C45H35N3Si/c1-45(2)34-22-12-8-19-31(34)39-35(45)27-26-30-29-18-9-13-23-36(29)48(42(30)39)37-24-14-10-20-32(37)41-40-33-21-11-15-25-38(33)49(3,4)44(40)47-43(46-41)28-16-6-5-7-17-28/h5-27H,1-4H3. The van der Waals surface area contributed by atoms with Gasteiger partial charge in [0.15, 0.2) is 5.82 Å². The molecule has 0 N–H and O–H groups in total. The third-order valence-electron chi connectivity index (χ3n) is 11.2. The summed E-state index contributed by atoms with van der Waals surface area (Å²) in [4.78, 5) is 10.9. The molecule has 0 saturated carbocycles. The second-order valence-electron chi connectivity index (χ2n) is 14.6. The molecule has 3 nitrogen and oxygen atoms in total. The lowest BCUT2D eigenvalue weighted by Crippen LogP contribution is -2.50. The van der Waals surface area contributed by atoms with Gasteiger partial charge >= 0.3 is 0 Å². The molecular formula is C45H35N3Si. The number of fused-ring (bicyclic) bond motifs is 10. The Kier molecular flexibility index (Phi) is 5.79. The summed E-state index contributed by atoms with van der Waals surface area (Å²) in [5.41, 5.74) is 14.5. The topological polar surface area (TPSA) is 30.7 Å². The third kappa shape index (κ3) is 3.78. The van der Waals surface area contributed by atoms with Crippen molar-refractivity contribution in [1.29, 1.82) is 0 Å². The normalized spacial score (nSPS) is 14.9. The maximum absolute atomic E-state index is 5.51. The number of nitrogens with zero attached hydrogens (tertiary/aromatic N) is 3. The van der Waals surface area contributed by atoms with E-state index >= 15 is 0 Å². The lowest BCUT2D eigenvalue weighted by Gasteiger charge is -2.22. The molecule has 3 heterocycles. The lowest BCUT2D eigenvalue weighted by molar-refractivity contribution is 0.661. The van der Waals surface area contributed by atoms with E-state index in [1.807, 2.05) is 0 Å². The van der Waals surface area contributed by atoms with E-state index in [1.165, 1.54) is 65.7 Å². The fourth-order valence-electron chi connectivity index (χ4n) is 8.81. The average Bonchev–Trinajstić information content (AvgIpc) is 3.69. The first-order valence-corrected chi connectivity index (χ1v) is 20.2. The van der Waals surface area contributed by atoms with Crippen molar-refractivity contribution in [3.63, 3.8) is 0 Å². The van der Waals surface area contributed by atoms with Crippen LogP contribution in [0.1, 0.15) is 25.0 Å². The van der Waals surface area contributed by atoms with Crippen LogP contribution in [0.25, 0.3) is 72.4 Å². The highest BCUT2D eigenvalue weighted by Gasteiger charge is 2.42. The molecule has 0 amide bonds. The molecule has 0 unspecified atom stereocenters. The summed E-state index contributed by atoms with van der Waals surface area (Å²) in [5, 5.41) is 5.17. The smallest absolute Gasteiger partial charge is 0.159 e. The molecular weight excluding hydrogens is 611 g/mol. The van der Waals surface area contributed by atoms with Gasteiger partial charge in [0.2, 0.25) is 0 Å². The monoisotopic (exact) mass is 645 g/mol. The predicted octanol–water partition coefficient (Wildman–Crippen LogP) is 10.0. The Morgan fingerprint density at radius 3 is 2.06 bits per heavy atom. The van der Waals surface area contributed by atoms with E-state index in [2.05, 4.69) is 171 Å². The molecule has 6 aromatic carbocycles. The van der Waals surface area contributed by atoms with Gasteiger partial charge in [-0.1, -0.05) is 154 Å². The number of rotatable bonds is 3. The molecule has 2 aliphatic rings. The molecule has 2 aromatic heterocycles. The second kappa shape index (κ2) is 9.97. The SMILES string of the molecule is CC1(C)c2ccccc2-c2c1ccc1c3ccccc3n(-c3ccccc3-c3nc(-c4ccccc4)nc4c3-c3ccccc3[Si]4(C)C)c21. The van der Waals surface area contributed by atoms with Crippen molar-refractivity contribution in [2.45, 2.75) is 32.4 Å². The summed E-state index contributed by atoms with van der Waals surface area (Å²) >= 11 is 0. The van der Waals surface area contributed by atoms with E-state index in [4.69, 9.17) is 9.97 Å². The van der Waals surface area contributed by atoms with Gasteiger partial charge in [-0.05, 0) is 39.6 Å². The molecule has 0 fully saturated rings. The Morgan fingerprint density at radius 1 is 0.551 bits per heavy atom. The number of benzene rings is 6. The van der Waals surface area contributed by atoms with Crippen LogP contribution in [0.2, 0.25) is 13.1 Å². The van der Waals surface area contributed by atoms with E-state index in [9.17, 15) is 0 Å². The maximum Gasteiger partial charge on any atom is 0.159 e. The van der Waals surface area contributed by atoms with Crippen LogP contribution in [0, 0.1) is 0 Å². The number of para-hydroxylation sites is 2. The first kappa shape index (κ1) is 28.4. The summed E-state index contributed by atoms with van der Waals surface area (Å²) in [6, 6.07) is 50.9. The Labute approximate surface area is 287 Å². The first-order chi connectivity index (χ1) is 23.9. The highest BCUT2D eigenvalue weighted by atomic mass is 28.3. The van der Waals surface area contributed by atoms with Crippen molar-refractivity contribution in [3.05, 3.63) is 151 Å². The predicted molar refractivity (Wildman–Crippen MR) is 207 cm³/mol. The van der Waals surface area contributed by atoms with Crippen molar-refractivity contribution < 1.29 is 0 Å². The summed E-state index contributed by atoms with van der Waals surface area (Å²) in [6.45, 7) is 9.60. The van der Waals surface area contributed by atoms with Crippen LogP contribution in [0.5, 0.6) is 0 Å². The number of aromatic nitrogens is 3.